The van der Waals surface area contributed by atoms with Gasteiger partial charge in [-0.05, 0) is 29.8 Å². The molecule has 0 saturated carbocycles. The smallest absolute Gasteiger partial charge is 0.132 e. The maximum Gasteiger partial charge on any atom is 0.132 e. The zero-order valence-corrected chi connectivity index (χ0v) is 14.2. The predicted molar refractivity (Wildman–Crippen MR) is 102 cm³/mol. The summed E-state index contributed by atoms with van der Waals surface area (Å²) in [5, 5.41) is 8.58. The highest BCUT2D eigenvalue weighted by Gasteiger charge is 2.13. The molecule has 0 aliphatic heterocycles. The van der Waals surface area contributed by atoms with Gasteiger partial charge < -0.3 is 4.57 Å². The molecule has 0 radical (unpaired) electrons. The third kappa shape index (κ3) is 2.54. The fraction of sp³-hybridized carbons (Fsp3) is 0.0952. The van der Waals surface area contributed by atoms with Crippen LogP contribution in [0.4, 0.5) is 0 Å². The Morgan fingerprint density at radius 2 is 1.35 bits per heavy atom. The topological polar surface area (TPSA) is 48.5 Å². The number of hydrogen-bond donors (Lipinski definition) is 0. The second kappa shape index (κ2) is 6.11. The first-order valence-electron chi connectivity index (χ1n) is 8.65. The maximum atomic E-state index is 4.86. The molecular formula is C21H17N5. The molecule has 0 bridgehead atoms. The summed E-state index contributed by atoms with van der Waals surface area (Å²) in [4.78, 5) is 4.86. The fourth-order valence-corrected chi connectivity index (χ4v) is 3.36. The summed E-state index contributed by atoms with van der Waals surface area (Å²) in [6.07, 6.45) is 0. The Balaban J connectivity index is 1.61. The Hall–Kier alpha value is -3.47. The Bertz CT molecular complexity index is 1190. The van der Waals surface area contributed by atoms with Crippen molar-refractivity contribution in [2.24, 2.45) is 0 Å². The first-order chi connectivity index (χ1) is 12.9. The van der Waals surface area contributed by atoms with Crippen molar-refractivity contribution in [2.45, 2.75) is 13.1 Å². The Morgan fingerprint density at radius 1 is 0.654 bits per heavy atom. The van der Waals surface area contributed by atoms with Gasteiger partial charge in [0.05, 0.1) is 16.6 Å². The third-order valence-electron chi connectivity index (χ3n) is 4.63. The molecule has 0 saturated heterocycles. The summed E-state index contributed by atoms with van der Waals surface area (Å²) < 4.78 is 4.18. The van der Waals surface area contributed by atoms with E-state index < -0.39 is 0 Å². The van der Waals surface area contributed by atoms with Gasteiger partial charge in [0.25, 0.3) is 0 Å². The lowest BCUT2D eigenvalue weighted by atomic mass is 10.2. The molecule has 0 atom stereocenters. The van der Waals surface area contributed by atoms with Crippen molar-refractivity contribution >= 4 is 22.1 Å². The number of para-hydroxylation sites is 3. The number of fused-ring (bicyclic) bond motifs is 2. The zero-order valence-electron chi connectivity index (χ0n) is 14.2. The molecule has 2 aromatic heterocycles. The van der Waals surface area contributed by atoms with E-state index in [1.165, 1.54) is 5.56 Å². The van der Waals surface area contributed by atoms with Crippen LogP contribution in [0.2, 0.25) is 0 Å². The van der Waals surface area contributed by atoms with Gasteiger partial charge in [0.2, 0.25) is 0 Å². The molecule has 2 heterocycles. The van der Waals surface area contributed by atoms with Gasteiger partial charge in [0.1, 0.15) is 17.9 Å². The van der Waals surface area contributed by atoms with Crippen LogP contribution < -0.4 is 0 Å². The van der Waals surface area contributed by atoms with Crippen molar-refractivity contribution in [3.8, 4) is 0 Å². The van der Waals surface area contributed by atoms with Crippen LogP contribution in [-0.2, 0) is 13.1 Å². The quantitative estimate of drug-likeness (QED) is 0.499. The molecule has 5 nitrogen and oxygen atoms in total. The minimum absolute atomic E-state index is 0.585. The molecule has 0 fully saturated rings. The monoisotopic (exact) mass is 339 g/mol. The molecule has 0 aliphatic rings. The average Bonchev–Trinajstić information content (AvgIpc) is 3.25. The van der Waals surface area contributed by atoms with Gasteiger partial charge in [0.15, 0.2) is 0 Å². The molecule has 126 valence electrons. The maximum absolute atomic E-state index is 4.86. The van der Waals surface area contributed by atoms with Crippen LogP contribution in [-0.4, -0.2) is 24.5 Å². The van der Waals surface area contributed by atoms with Crippen molar-refractivity contribution < 1.29 is 0 Å². The van der Waals surface area contributed by atoms with Crippen molar-refractivity contribution in [3.05, 3.63) is 90.3 Å². The molecule has 0 spiro atoms. The fourth-order valence-electron chi connectivity index (χ4n) is 3.36. The minimum Gasteiger partial charge on any atom is -0.322 e. The molecule has 3 aromatic carbocycles. The van der Waals surface area contributed by atoms with Crippen LogP contribution in [0.25, 0.3) is 22.1 Å². The second-order valence-electron chi connectivity index (χ2n) is 6.32. The van der Waals surface area contributed by atoms with E-state index in [0.29, 0.717) is 6.54 Å². The summed E-state index contributed by atoms with van der Waals surface area (Å²) in [5.74, 6) is 0.978. The van der Waals surface area contributed by atoms with E-state index in [0.717, 1.165) is 34.4 Å². The van der Waals surface area contributed by atoms with Crippen molar-refractivity contribution in [2.75, 3.05) is 0 Å². The van der Waals surface area contributed by atoms with Crippen LogP contribution in [0, 0.1) is 0 Å². The molecule has 5 aromatic rings. The molecule has 0 aliphatic carbocycles. The molecule has 26 heavy (non-hydrogen) atoms. The van der Waals surface area contributed by atoms with Crippen LogP contribution in [0.5, 0.6) is 0 Å². The van der Waals surface area contributed by atoms with Gasteiger partial charge in [-0.3, -0.25) is 0 Å². The zero-order chi connectivity index (χ0) is 17.3. The Labute approximate surface area is 150 Å². The summed E-state index contributed by atoms with van der Waals surface area (Å²) in [6.45, 7) is 1.37. The van der Waals surface area contributed by atoms with E-state index in [2.05, 4.69) is 57.3 Å². The van der Waals surface area contributed by atoms with Crippen LogP contribution in [0.3, 0.4) is 0 Å². The SMILES string of the molecule is c1ccc(Cn2c(Cn3nnc4ccccc43)nc3ccccc32)cc1. The summed E-state index contributed by atoms with van der Waals surface area (Å²) in [7, 11) is 0. The number of benzene rings is 3. The molecule has 5 heteroatoms. The van der Waals surface area contributed by atoms with Crippen LogP contribution in [0.1, 0.15) is 11.4 Å². The van der Waals surface area contributed by atoms with Crippen molar-refractivity contribution in [1.82, 2.24) is 24.5 Å². The van der Waals surface area contributed by atoms with Gasteiger partial charge in [-0.2, -0.15) is 0 Å². The van der Waals surface area contributed by atoms with E-state index in [4.69, 9.17) is 4.98 Å². The molecule has 0 unspecified atom stereocenters. The van der Waals surface area contributed by atoms with Gasteiger partial charge >= 0.3 is 0 Å². The van der Waals surface area contributed by atoms with Gasteiger partial charge in [0, 0.05) is 6.54 Å². The summed E-state index contributed by atoms with van der Waals surface area (Å²) in [5.41, 5.74) is 5.31. The normalized spacial score (nSPS) is 11.4. The predicted octanol–water partition coefficient (Wildman–Crippen LogP) is 3.88. The van der Waals surface area contributed by atoms with E-state index in [9.17, 15) is 0 Å². The van der Waals surface area contributed by atoms with Gasteiger partial charge in [-0.15, -0.1) is 5.10 Å². The van der Waals surface area contributed by atoms with E-state index in [1.807, 2.05) is 41.1 Å². The first kappa shape index (κ1) is 14.8. The van der Waals surface area contributed by atoms with E-state index in [-0.39, 0.29) is 0 Å². The lowest BCUT2D eigenvalue weighted by molar-refractivity contribution is 0.614. The number of nitrogens with zero attached hydrogens (tertiary/aromatic N) is 5. The summed E-state index contributed by atoms with van der Waals surface area (Å²) >= 11 is 0. The lowest BCUT2D eigenvalue weighted by Crippen LogP contribution is -2.11. The molecule has 5 rings (SSSR count). The minimum atomic E-state index is 0.585. The molecule has 0 amide bonds. The highest BCUT2D eigenvalue weighted by atomic mass is 15.4. The number of rotatable bonds is 4. The van der Waals surface area contributed by atoms with E-state index in [1.54, 1.807) is 0 Å². The number of hydrogen-bond acceptors (Lipinski definition) is 3. The number of aromatic nitrogens is 5. The van der Waals surface area contributed by atoms with E-state index >= 15 is 0 Å². The highest BCUT2D eigenvalue weighted by Crippen LogP contribution is 2.20. The van der Waals surface area contributed by atoms with Crippen molar-refractivity contribution in [3.63, 3.8) is 0 Å². The third-order valence-corrected chi connectivity index (χ3v) is 4.63. The van der Waals surface area contributed by atoms with Crippen LogP contribution in [0.15, 0.2) is 78.9 Å². The van der Waals surface area contributed by atoms with Gasteiger partial charge in [-0.25, -0.2) is 9.67 Å². The van der Waals surface area contributed by atoms with Crippen molar-refractivity contribution in [1.29, 1.82) is 0 Å². The molecule has 0 N–H and O–H groups in total. The lowest BCUT2D eigenvalue weighted by Gasteiger charge is -2.10. The molecular weight excluding hydrogens is 322 g/mol. The number of imidazole rings is 1. The van der Waals surface area contributed by atoms with Crippen LogP contribution >= 0.6 is 0 Å². The first-order valence-corrected chi connectivity index (χ1v) is 8.65. The summed E-state index contributed by atoms with van der Waals surface area (Å²) in [6, 6.07) is 26.7. The average molecular weight is 339 g/mol. The Kier molecular flexibility index (Phi) is 3.49. The second-order valence-corrected chi connectivity index (χ2v) is 6.32. The Morgan fingerprint density at radius 3 is 2.19 bits per heavy atom. The largest absolute Gasteiger partial charge is 0.322 e. The standard InChI is InChI=1S/C21H17N5/c1-2-8-16(9-3-1)14-25-19-12-6-4-10-17(19)22-21(25)15-26-20-13-7-5-11-18(20)23-24-26/h1-13H,14-15H2. The highest BCUT2D eigenvalue weighted by molar-refractivity contribution is 5.76. The van der Waals surface area contributed by atoms with Gasteiger partial charge in [-0.1, -0.05) is 59.8 Å².